The Morgan fingerprint density at radius 2 is 1.67 bits per heavy atom. The summed E-state index contributed by atoms with van der Waals surface area (Å²) in [6.07, 6.45) is 0. The molecule has 0 spiro atoms. The molecule has 2 N–H and O–H groups in total. The van der Waals surface area contributed by atoms with Crippen LogP contribution in [0.5, 0.6) is 11.5 Å². The number of ether oxygens (including phenoxy) is 2. The number of fused-ring (bicyclic) bond motifs is 1. The molecule has 0 unspecified atom stereocenters. The van der Waals surface area contributed by atoms with Gasteiger partial charge in [-0.3, -0.25) is 0 Å². The molecule has 0 aliphatic heterocycles. The summed E-state index contributed by atoms with van der Waals surface area (Å²) in [5.41, 5.74) is 0. The van der Waals surface area contributed by atoms with Crippen LogP contribution in [-0.2, 0) is 0 Å². The molecule has 0 saturated carbocycles. The number of hydrogen-bond donors (Lipinski definition) is 2. The SMILES string of the molecule is OCCOc1ccc2c(OCCO)cccc2c1. The average molecular weight is 248 g/mol. The Hall–Kier alpha value is -1.78. The van der Waals surface area contributed by atoms with Gasteiger partial charge in [0.05, 0.1) is 13.2 Å². The molecule has 0 heterocycles. The molecular formula is C14H16O4. The fraction of sp³-hybridized carbons (Fsp3) is 0.286. The minimum absolute atomic E-state index is 0.00229. The van der Waals surface area contributed by atoms with Crippen molar-refractivity contribution in [3.05, 3.63) is 36.4 Å². The van der Waals surface area contributed by atoms with Gasteiger partial charge in [0.1, 0.15) is 24.7 Å². The van der Waals surface area contributed by atoms with E-state index < -0.39 is 0 Å². The predicted octanol–water partition coefficient (Wildman–Crippen LogP) is 1.58. The lowest BCUT2D eigenvalue weighted by molar-refractivity contribution is 0.201. The maximum Gasteiger partial charge on any atom is 0.127 e. The van der Waals surface area contributed by atoms with Crippen LogP contribution < -0.4 is 9.47 Å². The number of hydrogen-bond acceptors (Lipinski definition) is 4. The third-order valence-corrected chi connectivity index (χ3v) is 2.52. The van der Waals surface area contributed by atoms with Crippen molar-refractivity contribution in [2.75, 3.05) is 26.4 Å². The number of aliphatic hydroxyl groups is 2. The second-order valence-electron chi connectivity index (χ2n) is 3.78. The Morgan fingerprint density at radius 1 is 0.889 bits per heavy atom. The standard InChI is InChI=1S/C14H16O4/c15-6-8-17-12-4-5-13-11(10-12)2-1-3-14(13)18-9-7-16/h1-5,10,15-16H,6-9H2. The van der Waals surface area contributed by atoms with Gasteiger partial charge in [-0.1, -0.05) is 12.1 Å². The number of aliphatic hydroxyl groups excluding tert-OH is 2. The molecule has 0 fully saturated rings. The van der Waals surface area contributed by atoms with Crippen molar-refractivity contribution >= 4 is 10.8 Å². The molecule has 18 heavy (non-hydrogen) atoms. The Balaban J connectivity index is 2.28. The molecule has 2 aromatic carbocycles. The van der Waals surface area contributed by atoms with Gasteiger partial charge in [0.25, 0.3) is 0 Å². The summed E-state index contributed by atoms with van der Waals surface area (Å²) in [7, 11) is 0. The first-order chi connectivity index (χ1) is 8.85. The first-order valence-electron chi connectivity index (χ1n) is 5.85. The zero-order valence-electron chi connectivity index (χ0n) is 10.0. The molecule has 0 saturated heterocycles. The van der Waals surface area contributed by atoms with Gasteiger partial charge < -0.3 is 19.7 Å². The van der Waals surface area contributed by atoms with Crippen LogP contribution in [0.3, 0.4) is 0 Å². The van der Waals surface area contributed by atoms with E-state index in [4.69, 9.17) is 19.7 Å². The van der Waals surface area contributed by atoms with E-state index in [0.29, 0.717) is 0 Å². The highest BCUT2D eigenvalue weighted by Gasteiger charge is 2.03. The van der Waals surface area contributed by atoms with Crippen LogP contribution in [0.4, 0.5) is 0 Å². The molecular weight excluding hydrogens is 232 g/mol. The molecule has 0 amide bonds. The fourth-order valence-electron chi connectivity index (χ4n) is 1.77. The molecule has 96 valence electrons. The van der Waals surface area contributed by atoms with Crippen molar-refractivity contribution in [3.63, 3.8) is 0 Å². The molecule has 2 aromatic rings. The fourth-order valence-corrected chi connectivity index (χ4v) is 1.77. The van der Waals surface area contributed by atoms with Crippen molar-refractivity contribution in [3.8, 4) is 11.5 Å². The van der Waals surface area contributed by atoms with E-state index in [1.54, 1.807) is 0 Å². The molecule has 0 atom stereocenters. The molecule has 4 nitrogen and oxygen atoms in total. The van der Waals surface area contributed by atoms with E-state index >= 15 is 0 Å². The number of rotatable bonds is 6. The smallest absolute Gasteiger partial charge is 0.127 e. The Bertz CT molecular complexity index is 510. The van der Waals surface area contributed by atoms with Gasteiger partial charge in [-0.2, -0.15) is 0 Å². The molecule has 0 aliphatic rings. The average Bonchev–Trinajstić information content (AvgIpc) is 2.42. The van der Waals surface area contributed by atoms with E-state index in [2.05, 4.69) is 0 Å². The topological polar surface area (TPSA) is 58.9 Å². The Labute approximate surface area is 105 Å². The Kier molecular flexibility index (Phi) is 4.39. The van der Waals surface area contributed by atoms with Crippen LogP contribution in [0.15, 0.2) is 36.4 Å². The normalized spacial score (nSPS) is 10.6. The van der Waals surface area contributed by atoms with Crippen LogP contribution in [0, 0.1) is 0 Å². The summed E-state index contributed by atoms with van der Waals surface area (Å²) in [6.45, 7) is 0.555. The predicted molar refractivity (Wildman–Crippen MR) is 69.1 cm³/mol. The van der Waals surface area contributed by atoms with Gasteiger partial charge in [0.2, 0.25) is 0 Å². The van der Waals surface area contributed by atoms with Crippen molar-refractivity contribution in [1.82, 2.24) is 0 Å². The van der Waals surface area contributed by atoms with E-state index in [1.165, 1.54) is 0 Å². The molecule has 0 aliphatic carbocycles. The lowest BCUT2D eigenvalue weighted by atomic mass is 10.1. The summed E-state index contributed by atoms with van der Waals surface area (Å²) < 4.78 is 10.8. The second kappa shape index (κ2) is 6.23. The monoisotopic (exact) mass is 248 g/mol. The van der Waals surface area contributed by atoms with E-state index in [1.807, 2.05) is 36.4 Å². The highest BCUT2D eigenvalue weighted by atomic mass is 16.5. The van der Waals surface area contributed by atoms with E-state index in [0.717, 1.165) is 22.3 Å². The van der Waals surface area contributed by atoms with Crippen LogP contribution in [-0.4, -0.2) is 36.6 Å². The van der Waals surface area contributed by atoms with Gasteiger partial charge in [-0.05, 0) is 29.7 Å². The third kappa shape index (κ3) is 2.91. The Morgan fingerprint density at radius 3 is 2.44 bits per heavy atom. The summed E-state index contributed by atoms with van der Waals surface area (Å²) in [6, 6.07) is 11.4. The van der Waals surface area contributed by atoms with Crippen molar-refractivity contribution in [2.24, 2.45) is 0 Å². The number of benzene rings is 2. The van der Waals surface area contributed by atoms with Gasteiger partial charge in [0.15, 0.2) is 0 Å². The molecule has 0 radical (unpaired) electrons. The van der Waals surface area contributed by atoms with Crippen LogP contribution in [0.2, 0.25) is 0 Å². The van der Waals surface area contributed by atoms with Crippen molar-refractivity contribution < 1.29 is 19.7 Å². The van der Waals surface area contributed by atoms with Gasteiger partial charge >= 0.3 is 0 Å². The summed E-state index contributed by atoms with van der Waals surface area (Å²) in [5.74, 6) is 1.46. The largest absolute Gasteiger partial charge is 0.491 e. The van der Waals surface area contributed by atoms with Crippen molar-refractivity contribution in [1.29, 1.82) is 0 Å². The van der Waals surface area contributed by atoms with E-state index in [-0.39, 0.29) is 26.4 Å². The maximum absolute atomic E-state index is 8.77. The summed E-state index contributed by atoms with van der Waals surface area (Å²) in [4.78, 5) is 0. The molecule has 0 bridgehead atoms. The second-order valence-corrected chi connectivity index (χ2v) is 3.78. The van der Waals surface area contributed by atoms with Crippen LogP contribution >= 0.6 is 0 Å². The lowest BCUT2D eigenvalue weighted by Crippen LogP contribution is -2.02. The van der Waals surface area contributed by atoms with Crippen LogP contribution in [0.25, 0.3) is 10.8 Å². The first-order valence-corrected chi connectivity index (χ1v) is 5.85. The maximum atomic E-state index is 8.77. The third-order valence-electron chi connectivity index (χ3n) is 2.52. The molecule has 0 aromatic heterocycles. The van der Waals surface area contributed by atoms with Gasteiger partial charge in [0, 0.05) is 5.39 Å². The van der Waals surface area contributed by atoms with Crippen molar-refractivity contribution in [2.45, 2.75) is 0 Å². The van der Waals surface area contributed by atoms with Gasteiger partial charge in [-0.25, -0.2) is 0 Å². The quantitative estimate of drug-likeness (QED) is 0.815. The minimum atomic E-state index is -0.00587. The van der Waals surface area contributed by atoms with Crippen LogP contribution in [0.1, 0.15) is 0 Å². The minimum Gasteiger partial charge on any atom is -0.491 e. The zero-order valence-corrected chi connectivity index (χ0v) is 10.0. The first kappa shape index (κ1) is 12.7. The van der Waals surface area contributed by atoms with Gasteiger partial charge in [-0.15, -0.1) is 0 Å². The summed E-state index contributed by atoms with van der Waals surface area (Å²) in [5, 5.41) is 19.5. The highest BCUT2D eigenvalue weighted by molar-refractivity contribution is 5.89. The molecule has 2 rings (SSSR count). The van der Waals surface area contributed by atoms with E-state index in [9.17, 15) is 0 Å². The summed E-state index contributed by atoms with van der Waals surface area (Å²) >= 11 is 0. The highest BCUT2D eigenvalue weighted by Crippen LogP contribution is 2.28. The lowest BCUT2D eigenvalue weighted by Gasteiger charge is -2.10. The zero-order chi connectivity index (χ0) is 12.8. The molecule has 4 heteroatoms.